The van der Waals surface area contributed by atoms with Crippen LogP contribution in [-0.2, 0) is 0 Å². The molecule has 3 heteroatoms. The number of piperazine rings is 3. The minimum absolute atomic E-state index is 0.0984. The van der Waals surface area contributed by atoms with Gasteiger partial charge in [-0.2, -0.15) is 0 Å². The fourth-order valence-corrected chi connectivity index (χ4v) is 3.53. The minimum Gasteiger partial charge on any atom is -0.391 e. The zero-order valence-corrected chi connectivity index (χ0v) is 12.7. The van der Waals surface area contributed by atoms with Crippen LogP contribution in [0.5, 0.6) is 0 Å². The van der Waals surface area contributed by atoms with Gasteiger partial charge < -0.3 is 5.11 Å². The van der Waals surface area contributed by atoms with Gasteiger partial charge in [0.2, 0.25) is 0 Å². The highest BCUT2D eigenvalue weighted by atomic mass is 16.3. The van der Waals surface area contributed by atoms with Crippen LogP contribution in [-0.4, -0.2) is 59.8 Å². The second-order valence-corrected chi connectivity index (χ2v) is 6.38. The largest absolute Gasteiger partial charge is 0.391 e. The Hall–Kier alpha value is -0.120. The molecule has 3 nitrogen and oxygen atoms in total. The fraction of sp³-hybridized carbons (Fsp3) is 1.00. The molecule has 0 aromatic carbocycles. The van der Waals surface area contributed by atoms with Crippen molar-refractivity contribution in [1.82, 2.24) is 9.80 Å². The van der Waals surface area contributed by atoms with Gasteiger partial charge in [-0.05, 0) is 6.42 Å². The Balaban J connectivity index is 1.53. The van der Waals surface area contributed by atoms with Crippen molar-refractivity contribution >= 4 is 0 Å². The Kier molecular flexibility index (Phi) is 6.62. The maximum Gasteiger partial charge on any atom is 0.0707 e. The number of unbranched alkanes of at least 4 members (excludes halogenated alkanes) is 6. The molecule has 0 amide bonds. The number of fused-ring (bicyclic) bond motifs is 3. The van der Waals surface area contributed by atoms with E-state index >= 15 is 0 Å². The van der Waals surface area contributed by atoms with E-state index in [0.717, 1.165) is 13.0 Å². The van der Waals surface area contributed by atoms with Crippen molar-refractivity contribution in [3.8, 4) is 0 Å². The Morgan fingerprint density at radius 1 is 0.947 bits per heavy atom. The first-order chi connectivity index (χ1) is 9.31. The van der Waals surface area contributed by atoms with Crippen LogP contribution in [0.4, 0.5) is 0 Å². The lowest BCUT2D eigenvalue weighted by Crippen LogP contribution is -2.64. The van der Waals surface area contributed by atoms with Gasteiger partial charge in [0, 0.05) is 38.8 Å². The Labute approximate surface area is 119 Å². The Bertz CT molecular complexity index is 239. The van der Waals surface area contributed by atoms with Crippen molar-refractivity contribution in [2.75, 3.05) is 32.7 Å². The molecule has 0 radical (unpaired) electrons. The van der Waals surface area contributed by atoms with Crippen LogP contribution >= 0.6 is 0 Å². The van der Waals surface area contributed by atoms with Crippen molar-refractivity contribution in [2.45, 2.75) is 70.4 Å². The third-order valence-corrected chi connectivity index (χ3v) is 4.87. The number of rotatable bonds is 9. The molecule has 3 fully saturated rings. The van der Waals surface area contributed by atoms with Gasteiger partial charge in [-0.3, -0.25) is 9.80 Å². The number of hydrogen-bond donors (Lipinski definition) is 1. The van der Waals surface area contributed by atoms with Gasteiger partial charge in [0.25, 0.3) is 0 Å². The van der Waals surface area contributed by atoms with Crippen LogP contribution < -0.4 is 0 Å². The third-order valence-electron chi connectivity index (χ3n) is 4.87. The summed E-state index contributed by atoms with van der Waals surface area (Å²) in [5, 5.41) is 10.4. The summed E-state index contributed by atoms with van der Waals surface area (Å²) in [5.41, 5.74) is 0. The second kappa shape index (κ2) is 8.23. The van der Waals surface area contributed by atoms with Crippen LogP contribution in [0.1, 0.15) is 58.3 Å². The summed E-state index contributed by atoms with van der Waals surface area (Å²) < 4.78 is 0. The van der Waals surface area contributed by atoms with Crippen molar-refractivity contribution in [2.24, 2.45) is 0 Å². The normalized spacial score (nSPS) is 31.6. The molecule has 3 aliphatic heterocycles. The molecule has 1 N–H and O–H groups in total. The molecule has 3 saturated heterocycles. The zero-order chi connectivity index (χ0) is 13.5. The van der Waals surface area contributed by atoms with E-state index in [9.17, 15) is 5.11 Å². The Morgan fingerprint density at radius 2 is 1.58 bits per heavy atom. The highest BCUT2D eigenvalue weighted by Crippen LogP contribution is 2.21. The lowest BCUT2D eigenvalue weighted by molar-refractivity contribution is -0.0486. The predicted molar refractivity (Wildman–Crippen MR) is 80.4 cm³/mol. The van der Waals surface area contributed by atoms with Crippen LogP contribution in [0.15, 0.2) is 0 Å². The van der Waals surface area contributed by atoms with Gasteiger partial charge in [0.15, 0.2) is 0 Å². The van der Waals surface area contributed by atoms with E-state index < -0.39 is 0 Å². The number of hydrogen-bond acceptors (Lipinski definition) is 3. The van der Waals surface area contributed by atoms with Crippen LogP contribution in [0, 0.1) is 0 Å². The standard InChI is InChI=1S/C16H32N2O/c1-2-3-4-5-6-7-8-9-16(19)15-14-17-10-12-18(15)13-11-17/h15-16,19H,2-14H2,1H3. The maximum atomic E-state index is 10.4. The molecule has 3 heterocycles. The SMILES string of the molecule is CCCCCCCCCC(O)C1CN2CCN1CC2. The van der Waals surface area contributed by atoms with Gasteiger partial charge in [-0.15, -0.1) is 0 Å². The molecule has 0 aromatic heterocycles. The summed E-state index contributed by atoms with van der Waals surface area (Å²) in [6.07, 6.45) is 10.3. The van der Waals surface area contributed by atoms with Gasteiger partial charge >= 0.3 is 0 Å². The monoisotopic (exact) mass is 268 g/mol. The lowest BCUT2D eigenvalue weighted by atomic mass is 9.97. The Morgan fingerprint density at radius 3 is 2.16 bits per heavy atom. The fourth-order valence-electron chi connectivity index (χ4n) is 3.53. The number of nitrogens with zero attached hydrogens (tertiary/aromatic N) is 2. The molecule has 0 aliphatic carbocycles. The first kappa shape index (κ1) is 15.3. The van der Waals surface area contributed by atoms with E-state index in [0.29, 0.717) is 6.04 Å². The molecule has 3 rings (SSSR count). The van der Waals surface area contributed by atoms with Crippen LogP contribution in [0.2, 0.25) is 0 Å². The van der Waals surface area contributed by atoms with Gasteiger partial charge in [0.05, 0.1) is 6.10 Å². The van der Waals surface area contributed by atoms with Crippen molar-refractivity contribution in [3.63, 3.8) is 0 Å². The number of aliphatic hydroxyl groups is 1. The molecule has 2 bridgehead atoms. The highest BCUT2D eigenvalue weighted by Gasteiger charge is 2.35. The molecule has 2 unspecified atom stereocenters. The summed E-state index contributed by atoms with van der Waals surface area (Å²) in [6, 6.07) is 0.419. The second-order valence-electron chi connectivity index (χ2n) is 6.38. The number of aliphatic hydroxyl groups excluding tert-OH is 1. The molecule has 0 spiro atoms. The summed E-state index contributed by atoms with van der Waals surface area (Å²) >= 11 is 0. The molecule has 0 aromatic rings. The van der Waals surface area contributed by atoms with E-state index in [-0.39, 0.29) is 6.10 Å². The van der Waals surface area contributed by atoms with E-state index in [2.05, 4.69) is 16.7 Å². The van der Waals surface area contributed by atoms with E-state index in [1.165, 1.54) is 71.1 Å². The molecule has 3 aliphatic rings. The summed E-state index contributed by atoms with van der Waals surface area (Å²) in [4.78, 5) is 5.02. The van der Waals surface area contributed by atoms with E-state index in [1.807, 2.05) is 0 Å². The quantitative estimate of drug-likeness (QED) is 0.651. The molecule has 112 valence electrons. The molecule has 0 saturated carbocycles. The minimum atomic E-state index is -0.0984. The van der Waals surface area contributed by atoms with Crippen LogP contribution in [0.3, 0.4) is 0 Å². The molecule has 2 atom stereocenters. The zero-order valence-electron chi connectivity index (χ0n) is 12.7. The van der Waals surface area contributed by atoms with Crippen molar-refractivity contribution in [3.05, 3.63) is 0 Å². The van der Waals surface area contributed by atoms with Crippen LogP contribution in [0.25, 0.3) is 0 Å². The van der Waals surface area contributed by atoms with Gasteiger partial charge in [0.1, 0.15) is 0 Å². The summed E-state index contributed by atoms with van der Waals surface area (Å²) in [7, 11) is 0. The highest BCUT2D eigenvalue weighted by molar-refractivity contribution is 4.91. The topological polar surface area (TPSA) is 26.7 Å². The van der Waals surface area contributed by atoms with Gasteiger partial charge in [-0.25, -0.2) is 0 Å². The van der Waals surface area contributed by atoms with E-state index in [4.69, 9.17) is 0 Å². The molecule has 19 heavy (non-hydrogen) atoms. The summed E-state index contributed by atoms with van der Waals surface area (Å²) in [5.74, 6) is 0. The van der Waals surface area contributed by atoms with Gasteiger partial charge in [-0.1, -0.05) is 51.9 Å². The lowest BCUT2D eigenvalue weighted by Gasteiger charge is -2.49. The van der Waals surface area contributed by atoms with Crippen molar-refractivity contribution < 1.29 is 5.11 Å². The van der Waals surface area contributed by atoms with E-state index in [1.54, 1.807) is 0 Å². The molecular weight excluding hydrogens is 236 g/mol. The first-order valence-corrected chi connectivity index (χ1v) is 8.45. The summed E-state index contributed by atoms with van der Waals surface area (Å²) in [6.45, 7) is 8.11. The third kappa shape index (κ3) is 4.73. The smallest absolute Gasteiger partial charge is 0.0707 e. The van der Waals surface area contributed by atoms with Crippen molar-refractivity contribution in [1.29, 1.82) is 0 Å². The molecular formula is C16H32N2O. The first-order valence-electron chi connectivity index (χ1n) is 8.45. The average Bonchev–Trinajstić information content (AvgIpc) is 2.47. The maximum absolute atomic E-state index is 10.4. The predicted octanol–water partition coefficient (Wildman–Crippen LogP) is 2.49. The average molecular weight is 268 g/mol.